The maximum atomic E-state index is 13.0. The van der Waals surface area contributed by atoms with E-state index in [0.717, 1.165) is 17.9 Å². The minimum absolute atomic E-state index is 0.263. The fourth-order valence-electron chi connectivity index (χ4n) is 2.08. The van der Waals surface area contributed by atoms with Crippen LogP contribution in [0.25, 0.3) is 0 Å². The average Bonchev–Trinajstić information content (AvgIpc) is 3.10. The van der Waals surface area contributed by atoms with Gasteiger partial charge in [-0.15, -0.1) is 0 Å². The van der Waals surface area contributed by atoms with Gasteiger partial charge in [0.1, 0.15) is 0 Å². The lowest BCUT2D eigenvalue weighted by molar-refractivity contribution is 0.0972. The molecule has 1 atom stereocenters. The quantitative estimate of drug-likeness (QED) is 0.725. The van der Waals surface area contributed by atoms with E-state index in [9.17, 15) is 4.39 Å². The summed E-state index contributed by atoms with van der Waals surface area (Å²) in [6.07, 6.45) is 1.77. The average molecular weight is 257 g/mol. The maximum Gasteiger partial charge on any atom is 0.0995 e. The van der Waals surface area contributed by atoms with E-state index < -0.39 is 0 Å². The van der Waals surface area contributed by atoms with Crippen LogP contribution < -0.4 is 0 Å². The van der Waals surface area contributed by atoms with E-state index in [1.807, 2.05) is 38.1 Å². The van der Waals surface area contributed by atoms with Crippen LogP contribution in [0.4, 0.5) is 4.39 Å². The lowest BCUT2D eigenvalue weighted by Crippen LogP contribution is -2.35. The van der Waals surface area contributed by atoms with Crippen LogP contribution in [-0.4, -0.2) is 18.9 Å². The summed E-state index contributed by atoms with van der Waals surface area (Å²) in [7, 11) is 0. The third-order valence-corrected chi connectivity index (χ3v) is 4.04. The molecule has 1 saturated heterocycles. The van der Waals surface area contributed by atoms with Crippen molar-refractivity contribution in [1.82, 2.24) is 0 Å². The number of ether oxygens (including phenoxy) is 1. The molecule has 0 aliphatic carbocycles. The highest BCUT2D eigenvalue weighted by Gasteiger charge is 2.55. The molecule has 1 fully saturated rings. The largest absolute Gasteiger partial charge is 0.369 e. The number of alkyl halides is 1. The van der Waals surface area contributed by atoms with Crippen LogP contribution in [0, 0.1) is 5.41 Å². The minimum Gasteiger partial charge on any atom is -0.369 e. The van der Waals surface area contributed by atoms with Gasteiger partial charge in [0.2, 0.25) is 0 Å². The van der Waals surface area contributed by atoms with Gasteiger partial charge in [0.05, 0.1) is 18.9 Å². The van der Waals surface area contributed by atoms with Crippen LogP contribution in [-0.2, 0) is 11.2 Å². The second-order valence-corrected chi connectivity index (χ2v) is 5.86. The smallest absolute Gasteiger partial charge is 0.0995 e. The first-order chi connectivity index (χ1) is 7.99. The molecule has 0 spiro atoms. The van der Waals surface area contributed by atoms with E-state index in [1.165, 1.54) is 5.56 Å². The molecule has 1 nitrogen and oxygen atoms in total. The van der Waals surface area contributed by atoms with Gasteiger partial charge < -0.3 is 4.74 Å². The summed E-state index contributed by atoms with van der Waals surface area (Å²) in [5.74, 6) is 0. The van der Waals surface area contributed by atoms with Crippen molar-refractivity contribution in [1.29, 1.82) is 0 Å². The zero-order chi connectivity index (χ0) is 12.5. The van der Waals surface area contributed by atoms with Gasteiger partial charge >= 0.3 is 0 Å². The van der Waals surface area contributed by atoms with Gasteiger partial charge in [0, 0.05) is 10.4 Å². The molecule has 0 amide bonds. The second-order valence-electron chi connectivity index (χ2n) is 5.43. The van der Waals surface area contributed by atoms with E-state index in [4.69, 9.17) is 16.3 Å². The Labute approximate surface area is 107 Å². The maximum absolute atomic E-state index is 13.0. The monoisotopic (exact) mass is 256 g/mol. The molecule has 17 heavy (non-hydrogen) atoms. The SMILES string of the molecule is CC(C)(CF)C1(CCc2ccc(Cl)cc2)CO1. The molecule has 1 aromatic rings. The van der Waals surface area contributed by atoms with E-state index in [-0.39, 0.29) is 17.7 Å². The van der Waals surface area contributed by atoms with Crippen LogP contribution in [0.1, 0.15) is 25.8 Å². The molecule has 0 radical (unpaired) electrons. The molecule has 0 aromatic heterocycles. The first-order valence-electron chi connectivity index (χ1n) is 5.93. The molecule has 3 heteroatoms. The summed E-state index contributed by atoms with van der Waals surface area (Å²) in [5, 5.41) is 0.746. The van der Waals surface area contributed by atoms with Gasteiger partial charge in [-0.25, -0.2) is 0 Å². The highest BCUT2D eigenvalue weighted by molar-refractivity contribution is 6.30. The summed E-state index contributed by atoms with van der Waals surface area (Å²) in [5.41, 5.74) is 0.569. The standard InChI is InChI=1S/C14H18ClFO/c1-13(2,9-16)14(10-17-14)8-7-11-3-5-12(15)6-4-11/h3-6H,7-10H2,1-2H3. The van der Waals surface area contributed by atoms with Crippen LogP contribution >= 0.6 is 11.6 Å². The first-order valence-corrected chi connectivity index (χ1v) is 6.31. The van der Waals surface area contributed by atoms with Gasteiger partial charge in [-0.3, -0.25) is 4.39 Å². The zero-order valence-electron chi connectivity index (χ0n) is 10.3. The van der Waals surface area contributed by atoms with Crippen LogP contribution in [0.2, 0.25) is 5.02 Å². The highest BCUT2D eigenvalue weighted by atomic mass is 35.5. The van der Waals surface area contributed by atoms with Crippen molar-refractivity contribution in [2.45, 2.75) is 32.3 Å². The third-order valence-electron chi connectivity index (χ3n) is 3.79. The van der Waals surface area contributed by atoms with Crippen molar-refractivity contribution in [3.05, 3.63) is 34.9 Å². The Bertz CT molecular complexity index is 382. The predicted molar refractivity (Wildman–Crippen MR) is 68.2 cm³/mol. The fourth-order valence-corrected chi connectivity index (χ4v) is 2.21. The Balaban J connectivity index is 1.97. The molecular formula is C14H18ClFO. The van der Waals surface area contributed by atoms with Crippen molar-refractivity contribution >= 4 is 11.6 Å². The minimum atomic E-state index is -0.389. The molecule has 0 saturated carbocycles. The molecule has 1 aliphatic rings. The molecule has 1 aromatic carbocycles. The van der Waals surface area contributed by atoms with Gasteiger partial charge in [0.15, 0.2) is 0 Å². The van der Waals surface area contributed by atoms with Crippen molar-refractivity contribution < 1.29 is 9.13 Å². The summed E-state index contributed by atoms with van der Waals surface area (Å²) in [6.45, 7) is 4.20. The van der Waals surface area contributed by atoms with Crippen LogP contribution in [0.15, 0.2) is 24.3 Å². The Morgan fingerprint density at radius 1 is 1.35 bits per heavy atom. The van der Waals surface area contributed by atoms with Crippen molar-refractivity contribution in [2.24, 2.45) is 5.41 Å². The molecule has 1 heterocycles. The van der Waals surface area contributed by atoms with E-state index >= 15 is 0 Å². The Hall–Kier alpha value is -0.600. The normalized spacial score (nSPS) is 23.8. The van der Waals surface area contributed by atoms with Crippen molar-refractivity contribution in [2.75, 3.05) is 13.3 Å². The Morgan fingerprint density at radius 3 is 2.41 bits per heavy atom. The fraction of sp³-hybridized carbons (Fsp3) is 0.571. The number of rotatable bonds is 5. The van der Waals surface area contributed by atoms with E-state index in [1.54, 1.807) is 0 Å². The van der Waals surface area contributed by atoms with Gasteiger partial charge in [-0.2, -0.15) is 0 Å². The van der Waals surface area contributed by atoms with Crippen LogP contribution in [0.3, 0.4) is 0 Å². The molecule has 0 N–H and O–H groups in total. The number of halogens is 2. The van der Waals surface area contributed by atoms with Crippen molar-refractivity contribution in [3.63, 3.8) is 0 Å². The Kier molecular flexibility index (Phi) is 3.46. The molecule has 0 bridgehead atoms. The first kappa shape index (κ1) is 12.8. The summed E-state index contributed by atoms with van der Waals surface area (Å²) in [6, 6.07) is 7.80. The number of hydrogen-bond acceptors (Lipinski definition) is 1. The molecule has 94 valence electrons. The molecule has 2 rings (SSSR count). The van der Waals surface area contributed by atoms with E-state index in [0.29, 0.717) is 6.61 Å². The van der Waals surface area contributed by atoms with Crippen molar-refractivity contribution in [3.8, 4) is 0 Å². The summed E-state index contributed by atoms with van der Waals surface area (Å²) < 4.78 is 18.5. The number of benzene rings is 1. The number of aryl methyl sites for hydroxylation is 1. The molecule has 1 unspecified atom stereocenters. The lowest BCUT2D eigenvalue weighted by Gasteiger charge is -2.28. The highest BCUT2D eigenvalue weighted by Crippen LogP contribution is 2.47. The zero-order valence-corrected chi connectivity index (χ0v) is 11.1. The number of epoxide rings is 1. The van der Waals surface area contributed by atoms with Gasteiger partial charge in [-0.05, 0) is 30.5 Å². The van der Waals surface area contributed by atoms with Crippen LogP contribution in [0.5, 0.6) is 0 Å². The summed E-state index contributed by atoms with van der Waals surface area (Å²) in [4.78, 5) is 0. The van der Waals surface area contributed by atoms with Gasteiger partial charge in [-0.1, -0.05) is 37.6 Å². The topological polar surface area (TPSA) is 12.5 Å². The van der Waals surface area contributed by atoms with Gasteiger partial charge in [0.25, 0.3) is 0 Å². The number of hydrogen-bond donors (Lipinski definition) is 0. The third kappa shape index (κ3) is 2.63. The second kappa shape index (κ2) is 4.58. The summed E-state index contributed by atoms with van der Waals surface area (Å²) >= 11 is 5.83. The lowest BCUT2D eigenvalue weighted by atomic mass is 9.77. The predicted octanol–water partition coefficient (Wildman–Crippen LogP) is 4.04. The van der Waals surface area contributed by atoms with E-state index in [2.05, 4.69) is 0 Å². The molecule has 1 aliphatic heterocycles. The molecular weight excluding hydrogens is 239 g/mol. The Morgan fingerprint density at radius 2 is 1.94 bits per heavy atom.